The van der Waals surface area contributed by atoms with Gasteiger partial charge in [0.1, 0.15) is 0 Å². The van der Waals surface area contributed by atoms with E-state index < -0.39 is 11.6 Å². The quantitative estimate of drug-likeness (QED) is 0.0576. The van der Waals surface area contributed by atoms with Crippen molar-refractivity contribution in [3.8, 4) is 17.0 Å². The molecule has 0 aliphatic heterocycles. The van der Waals surface area contributed by atoms with Crippen LogP contribution in [0, 0.1) is 11.6 Å². The van der Waals surface area contributed by atoms with E-state index in [-0.39, 0.29) is 38.7 Å². The van der Waals surface area contributed by atoms with Gasteiger partial charge in [0.25, 0.3) is 0 Å². The number of ether oxygens (including phenoxy) is 1. The average Bonchev–Trinajstić information content (AvgIpc) is 3.51. The van der Waals surface area contributed by atoms with Crippen molar-refractivity contribution in [3.05, 3.63) is 71.1 Å². The van der Waals surface area contributed by atoms with Crippen LogP contribution >= 0.6 is 11.6 Å². The number of hydrogen-bond acceptors (Lipinski definition) is 5. The molecule has 1 amide bonds. The summed E-state index contributed by atoms with van der Waals surface area (Å²) in [6.45, 7) is 11.3. The Balaban J connectivity index is 1.38. The number of anilines is 2. The maximum atomic E-state index is 14.8. The first-order chi connectivity index (χ1) is 22.8. The fourth-order valence-corrected chi connectivity index (χ4v) is 9.51. The molecule has 0 fully saturated rings. The molecule has 0 radical (unpaired) electrons. The number of halogens is 4. The summed E-state index contributed by atoms with van der Waals surface area (Å²) in [5, 5.41) is 6.55. The standard InChI is InChI=1S/C35H46ClF2IN6O2/c1-5-8-20-45(21-9-6-2,22-10-7-3)39-16-11-17-41-35(46)26-13-12-25(23-28(26)36)43-33-34-42-24-29(44(34)19-18-40-33)27-14-15-30(47-4)32(38)31(27)37/h12-15,18-19,23-24H,5-11,16-17,20-22H2,1-4H3,(H,40,43)(H,41,46). The fourth-order valence-electron chi connectivity index (χ4n) is 5.45. The molecule has 0 spiro atoms. The first kappa shape index (κ1) is 36.8. The van der Waals surface area contributed by atoms with Crippen molar-refractivity contribution in [1.82, 2.24) is 19.7 Å². The van der Waals surface area contributed by atoms with Crippen LogP contribution in [0.4, 0.5) is 20.3 Å². The van der Waals surface area contributed by atoms with Gasteiger partial charge < -0.3 is 4.74 Å². The molecule has 0 atom stereocenters. The van der Waals surface area contributed by atoms with E-state index in [1.807, 2.05) is 0 Å². The average molecular weight is 783 g/mol. The minimum atomic E-state index is -1.07. The molecule has 0 aliphatic rings. The molecule has 4 rings (SSSR count). The Morgan fingerprint density at radius 2 is 1.68 bits per heavy atom. The van der Waals surface area contributed by atoms with Crippen LogP contribution in [0.3, 0.4) is 0 Å². The fraction of sp³-hybridized carbons (Fsp3) is 0.457. The van der Waals surface area contributed by atoms with E-state index in [0.29, 0.717) is 40.0 Å². The molecule has 2 heterocycles. The molecule has 8 nitrogen and oxygen atoms in total. The molecule has 12 heteroatoms. The number of aromatic nitrogens is 3. The summed E-state index contributed by atoms with van der Waals surface area (Å²) in [4.78, 5) is 21.8. The summed E-state index contributed by atoms with van der Waals surface area (Å²) in [5.41, 5.74) is 1.79. The summed E-state index contributed by atoms with van der Waals surface area (Å²) in [6, 6.07) is 7.91. The number of nitrogens with zero attached hydrogens (tertiary/aromatic N) is 4. The topological polar surface area (TPSA) is 80.6 Å². The third-order valence-electron chi connectivity index (χ3n) is 8.12. The van der Waals surface area contributed by atoms with E-state index in [1.54, 1.807) is 28.8 Å². The third kappa shape index (κ3) is 9.32. The number of carbonyl (C=O) groups is 1. The number of fused-ring (bicyclic) bond motifs is 1. The van der Waals surface area contributed by atoms with Gasteiger partial charge in [0.15, 0.2) is 11.6 Å². The zero-order valence-electron chi connectivity index (χ0n) is 27.7. The Morgan fingerprint density at radius 1 is 0.979 bits per heavy atom. The summed E-state index contributed by atoms with van der Waals surface area (Å²) < 4.78 is 38.2. The van der Waals surface area contributed by atoms with Gasteiger partial charge in [-0.1, -0.05) is 0 Å². The van der Waals surface area contributed by atoms with Crippen LogP contribution in [0.15, 0.2) is 48.9 Å². The van der Waals surface area contributed by atoms with Crippen molar-refractivity contribution < 1.29 is 42.5 Å². The van der Waals surface area contributed by atoms with Gasteiger partial charge in [-0.3, -0.25) is 4.40 Å². The third-order valence-corrected chi connectivity index (χ3v) is 12.6. The van der Waals surface area contributed by atoms with Crippen molar-refractivity contribution in [3.63, 3.8) is 0 Å². The van der Waals surface area contributed by atoms with Gasteiger partial charge in [0.05, 0.1) is 19.0 Å². The van der Waals surface area contributed by atoms with E-state index >= 15 is 0 Å². The molecule has 0 saturated carbocycles. The van der Waals surface area contributed by atoms with Crippen molar-refractivity contribution in [2.75, 3.05) is 43.0 Å². The number of hydrogen-bond donors (Lipinski definition) is 2. The molecule has 0 saturated heterocycles. The first-order valence-electron chi connectivity index (χ1n) is 16.4. The number of imidazole rings is 1. The summed E-state index contributed by atoms with van der Waals surface area (Å²) >= 11 is 6.55. The predicted octanol–water partition coefficient (Wildman–Crippen LogP) is 5.42. The second-order valence-corrected chi connectivity index (χ2v) is 15.8. The Hall–Kier alpha value is -3.03. The molecule has 0 unspecified atom stereocenters. The number of alkyl halides is 1. The number of amides is 1. The van der Waals surface area contributed by atoms with Gasteiger partial charge in [-0.2, -0.15) is 4.39 Å². The van der Waals surface area contributed by atoms with Crippen molar-refractivity contribution >= 4 is 34.7 Å². The first-order valence-corrected chi connectivity index (χ1v) is 19.3. The second-order valence-electron chi connectivity index (χ2n) is 11.6. The maximum absolute atomic E-state index is 14.8. The van der Waals surface area contributed by atoms with E-state index in [2.05, 4.69) is 41.4 Å². The predicted molar refractivity (Wildman–Crippen MR) is 181 cm³/mol. The van der Waals surface area contributed by atoms with Gasteiger partial charge in [-0.05, 0) is 12.1 Å². The van der Waals surface area contributed by atoms with Crippen LogP contribution in [0.1, 0.15) is 76.1 Å². The number of unbranched alkanes of at least 4 members (excludes halogenated alkanes) is 3. The number of methoxy groups -OCH3 is 1. The summed E-state index contributed by atoms with van der Waals surface area (Å²) in [5.74, 6) is -2.09. The van der Waals surface area contributed by atoms with Gasteiger partial charge >= 0.3 is 204 Å². The molecular weight excluding hydrogens is 737 g/mol. The Kier molecular flexibility index (Phi) is 14.0. The number of carbonyl (C=O) groups excluding carboxylic acids is 1. The molecule has 2 aromatic carbocycles. The van der Waals surface area contributed by atoms with Crippen LogP contribution in [0.2, 0.25) is 5.02 Å². The van der Waals surface area contributed by atoms with Crippen molar-refractivity contribution in [1.29, 1.82) is 0 Å². The molecule has 256 valence electrons. The summed E-state index contributed by atoms with van der Waals surface area (Å²) in [7, 11) is 1.28. The van der Waals surface area contributed by atoms with Crippen LogP contribution in [-0.4, -0.2) is 60.7 Å². The molecule has 4 aromatic rings. The van der Waals surface area contributed by atoms with E-state index in [4.69, 9.17) is 16.3 Å². The van der Waals surface area contributed by atoms with E-state index in [0.717, 1.165) is 6.42 Å². The minimum absolute atomic E-state index is 0.0206. The second kappa shape index (κ2) is 17.9. The molecule has 0 bridgehead atoms. The van der Waals surface area contributed by atoms with Crippen LogP contribution < -0.4 is 36.8 Å². The van der Waals surface area contributed by atoms with Gasteiger partial charge in [0.2, 0.25) is 5.82 Å². The molecule has 0 aliphatic carbocycles. The molecular formula is C35H46ClF2IN6O2. The van der Waals surface area contributed by atoms with E-state index in [1.165, 1.54) is 96.9 Å². The van der Waals surface area contributed by atoms with E-state index in [9.17, 15) is 13.6 Å². The van der Waals surface area contributed by atoms with Crippen LogP contribution in [-0.2, 0) is 0 Å². The van der Waals surface area contributed by atoms with Crippen LogP contribution in [0.25, 0.3) is 16.9 Å². The summed E-state index contributed by atoms with van der Waals surface area (Å²) in [6.07, 6.45) is 13.1. The normalized spacial score (nSPS) is 11.7. The Labute approximate surface area is 292 Å². The number of rotatable bonds is 19. The Morgan fingerprint density at radius 3 is 2.32 bits per heavy atom. The van der Waals surface area contributed by atoms with Crippen molar-refractivity contribution in [2.45, 2.75) is 65.7 Å². The molecule has 47 heavy (non-hydrogen) atoms. The monoisotopic (exact) mass is 782 g/mol. The SMILES string of the molecule is CCCC[N+](CCCC)(CCCC)[I-]CCCNC(=O)c1ccc(Nc2nccn3c(-c4ccc(OC)c(F)c4F)cnc23)cc1Cl. The van der Waals surface area contributed by atoms with Gasteiger partial charge in [-0.15, -0.1) is 0 Å². The molecule has 2 aromatic heterocycles. The zero-order chi connectivity index (χ0) is 33.8. The Bertz CT molecular complexity index is 1610. The zero-order valence-corrected chi connectivity index (χ0v) is 30.6. The van der Waals surface area contributed by atoms with Gasteiger partial charge in [-0.25, -0.2) is 9.37 Å². The van der Waals surface area contributed by atoms with Crippen molar-refractivity contribution in [2.24, 2.45) is 0 Å². The number of nitrogens with one attached hydrogen (secondary N) is 2. The van der Waals surface area contributed by atoms with Crippen LogP contribution in [0.5, 0.6) is 5.75 Å². The number of benzene rings is 2. The number of quaternary nitrogens is 1. The van der Waals surface area contributed by atoms with Gasteiger partial charge in [0, 0.05) is 18.0 Å². The molecule has 2 N–H and O–H groups in total.